The average molecular weight is 307 g/mol. The van der Waals surface area contributed by atoms with E-state index in [0.717, 1.165) is 5.69 Å². The van der Waals surface area contributed by atoms with Crippen molar-refractivity contribution in [3.05, 3.63) is 52.3 Å². The molecule has 0 aliphatic rings. The molecular weight excluding hydrogens is 292 g/mol. The topological polar surface area (TPSA) is 71.5 Å². The van der Waals surface area contributed by atoms with Crippen LogP contribution in [0.15, 0.2) is 30.3 Å². The quantitative estimate of drug-likeness (QED) is 0.849. The molecule has 0 aliphatic carbocycles. The fourth-order valence-electron chi connectivity index (χ4n) is 1.86. The number of benzene rings is 1. The molecule has 1 aromatic carbocycles. The smallest absolute Gasteiger partial charge is 0.339 e. The van der Waals surface area contributed by atoms with Crippen LogP contribution in [-0.4, -0.2) is 23.2 Å². The number of hydrogen-bond acceptors (Lipinski definition) is 5. The lowest BCUT2D eigenvalue weighted by Crippen LogP contribution is -2.09. The highest BCUT2D eigenvalue weighted by Crippen LogP contribution is 2.23. The molecule has 0 atom stereocenters. The second-order valence-electron chi connectivity index (χ2n) is 4.45. The molecule has 2 N–H and O–H groups in total. The molecule has 6 heteroatoms. The van der Waals surface area contributed by atoms with E-state index in [2.05, 4.69) is 10.3 Å². The van der Waals surface area contributed by atoms with Crippen LogP contribution in [0, 0.1) is 6.92 Å². The molecule has 0 radical (unpaired) electrons. The average Bonchev–Trinajstić information content (AvgIpc) is 2.47. The van der Waals surface area contributed by atoms with Gasteiger partial charge < -0.3 is 15.2 Å². The molecule has 2 rings (SSSR count). The van der Waals surface area contributed by atoms with Crippen LogP contribution in [0.3, 0.4) is 0 Å². The second kappa shape index (κ2) is 6.45. The number of nitrogens with one attached hydrogen (secondary N) is 1. The number of anilines is 1. The molecule has 0 saturated carbocycles. The maximum Gasteiger partial charge on any atom is 0.339 e. The van der Waals surface area contributed by atoms with E-state index in [0.29, 0.717) is 22.0 Å². The predicted octanol–water partition coefficient (Wildman–Crippen LogP) is 3.15. The van der Waals surface area contributed by atoms with Gasteiger partial charge in [-0.3, -0.25) is 4.98 Å². The Morgan fingerprint density at radius 3 is 2.86 bits per heavy atom. The van der Waals surface area contributed by atoms with Crippen LogP contribution < -0.4 is 5.32 Å². The lowest BCUT2D eigenvalue weighted by atomic mass is 10.1. The maximum atomic E-state index is 11.7. The molecule has 0 unspecified atom stereocenters. The third-order valence-corrected chi connectivity index (χ3v) is 3.16. The Balaban J connectivity index is 2.25. The largest absolute Gasteiger partial charge is 0.506 e. The minimum Gasteiger partial charge on any atom is -0.506 e. The zero-order valence-electron chi connectivity index (χ0n) is 11.7. The zero-order valence-corrected chi connectivity index (χ0v) is 12.4. The summed E-state index contributed by atoms with van der Waals surface area (Å²) in [6.07, 6.45) is 0. The van der Waals surface area contributed by atoms with E-state index in [9.17, 15) is 9.90 Å². The van der Waals surface area contributed by atoms with E-state index >= 15 is 0 Å². The highest BCUT2D eigenvalue weighted by Gasteiger charge is 2.13. The Morgan fingerprint density at radius 2 is 2.14 bits per heavy atom. The summed E-state index contributed by atoms with van der Waals surface area (Å²) in [7, 11) is 1.31. The molecule has 2 aromatic rings. The molecule has 1 heterocycles. The zero-order chi connectivity index (χ0) is 15.4. The molecule has 0 amide bonds. The Hall–Kier alpha value is -2.27. The number of rotatable bonds is 4. The van der Waals surface area contributed by atoms with Crippen molar-refractivity contribution in [2.45, 2.75) is 13.5 Å². The van der Waals surface area contributed by atoms with Gasteiger partial charge in [-0.15, -0.1) is 0 Å². The number of aryl methyl sites for hydroxylation is 1. The standard InChI is InChI=1S/C15H15ClN2O3/c1-9-3-6-14(19)13(18-9)8-17-12-7-10(16)4-5-11(12)15(20)21-2/h3-7,17,19H,8H2,1-2H3. The Bertz CT molecular complexity index is 674. The second-order valence-corrected chi connectivity index (χ2v) is 4.89. The van der Waals surface area contributed by atoms with Gasteiger partial charge in [-0.25, -0.2) is 4.79 Å². The molecule has 0 fully saturated rings. The van der Waals surface area contributed by atoms with Gasteiger partial charge in [-0.2, -0.15) is 0 Å². The fraction of sp³-hybridized carbons (Fsp3) is 0.200. The SMILES string of the molecule is COC(=O)c1ccc(Cl)cc1NCc1nc(C)ccc1O. The third-order valence-electron chi connectivity index (χ3n) is 2.92. The van der Waals surface area contributed by atoms with Gasteiger partial charge in [0.15, 0.2) is 0 Å². The fourth-order valence-corrected chi connectivity index (χ4v) is 2.03. The van der Waals surface area contributed by atoms with Gasteiger partial charge in [0, 0.05) is 10.7 Å². The first kappa shape index (κ1) is 15.1. The summed E-state index contributed by atoms with van der Waals surface area (Å²) < 4.78 is 4.72. The Morgan fingerprint density at radius 1 is 1.38 bits per heavy atom. The van der Waals surface area contributed by atoms with Crippen molar-refractivity contribution in [3.8, 4) is 5.75 Å². The first-order valence-corrected chi connectivity index (χ1v) is 6.66. The summed E-state index contributed by atoms with van der Waals surface area (Å²) >= 11 is 5.95. The lowest BCUT2D eigenvalue weighted by molar-refractivity contribution is 0.0602. The van der Waals surface area contributed by atoms with Crippen LogP contribution in [0.2, 0.25) is 5.02 Å². The molecule has 1 aromatic heterocycles. The number of nitrogens with zero attached hydrogens (tertiary/aromatic N) is 1. The molecule has 5 nitrogen and oxygen atoms in total. The number of hydrogen-bond donors (Lipinski definition) is 2. The number of halogens is 1. The number of ether oxygens (including phenoxy) is 1. The Kier molecular flexibility index (Phi) is 4.65. The van der Waals surface area contributed by atoms with Gasteiger partial charge in [-0.1, -0.05) is 11.6 Å². The summed E-state index contributed by atoms with van der Waals surface area (Å²) in [5.41, 5.74) is 2.18. The van der Waals surface area contributed by atoms with Gasteiger partial charge in [0.1, 0.15) is 11.4 Å². The van der Waals surface area contributed by atoms with Crippen LogP contribution in [0.5, 0.6) is 5.75 Å². The van der Waals surface area contributed by atoms with Gasteiger partial charge >= 0.3 is 5.97 Å². The number of methoxy groups -OCH3 is 1. The van der Waals surface area contributed by atoms with Gasteiger partial charge in [0.2, 0.25) is 0 Å². The monoisotopic (exact) mass is 306 g/mol. The van der Waals surface area contributed by atoms with E-state index in [1.807, 2.05) is 6.92 Å². The van der Waals surface area contributed by atoms with Crippen molar-refractivity contribution in [1.29, 1.82) is 0 Å². The number of carbonyl (C=O) groups excluding carboxylic acids is 1. The minimum absolute atomic E-state index is 0.0924. The maximum absolute atomic E-state index is 11.7. The first-order chi connectivity index (χ1) is 10.0. The van der Waals surface area contributed by atoms with Crippen LogP contribution in [0.1, 0.15) is 21.7 Å². The molecular formula is C15H15ClN2O3. The van der Waals surface area contributed by atoms with E-state index < -0.39 is 5.97 Å². The van der Waals surface area contributed by atoms with Crippen molar-refractivity contribution in [1.82, 2.24) is 4.98 Å². The number of aromatic nitrogens is 1. The summed E-state index contributed by atoms with van der Waals surface area (Å²) in [5.74, 6) is -0.370. The number of carbonyl (C=O) groups is 1. The van der Waals surface area contributed by atoms with Crippen LogP contribution >= 0.6 is 11.6 Å². The predicted molar refractivity (Wildman–Crippen MR) is 80.8 cm³/mol. The summed E-state index contributed by atoms with van der Waals surface area (Å²) in [6.45, 7) is 2.10. The molecule has 21 heavy (non-hydrogen) atoms. The normalized spacial score (nSPS) is 10.2. The number of pyridine rings is 1. The molecule has 0 spiro atoms. The number of esters is 1. The van der Waals surface area contributed by atoms with E-state index in [1.54, 1.807) is 30.3 Å². The highest BCUT2D eigenvalue weighted by atomic mass is 35.5. The van der Waals surface area contributed by atoms with Crippen molar-refractivity contribution in [3.63, 3.8) is 0 Å². The van der Waals surface area contributed by atoms with Crippen LogP contribution in [0.4, 0.5) is 5.69 Å². The van der Waals surface area contributed by atoms with Gasteiger partial charge in [0.05, 0.1) is 24.9 Å². The molecule has 110 valence electrons. The number of aromatic hydroxyl groups is 1. The van der Waals surface area contributed by atoms with Crippen molar-refractivity contribution in [2.75, 3.05) is 12.4 Å². The van der Waals surface area contributed by atoms with E-state index in [-0.39, 0.29) is 12.3 Å². The molecule has 0 bridgehead atoms. The van der Waals surface area contributed by atoms with E-state index in [1.165, 1.54) is 7.11 Å². The lowest BCUT2D eigenvalue weighted by Gasteiger charge is -2.12. The van der Waals surface area contributed by atoms with E-state index in [4.69, 9.17) is 16.3 Å². The first-order valence-electron chi connectivity index (χ1n) is 6.28. The van der Waals surface area contributed by atoms with Crippen molar-refractivity contribution >= 4 is 23.3 Å². The highest BCUT2D eigenvalue weighted by molar-refractivity contribution is 6.31. The summed E-state index contributed by atoms with van der Waals surface area (Å²) in [6, 6.07) is 8.12. The van der Waals surface area contributed by atoms with Crippen LogP contribution in [-0.2, 0) is 11.3 Å². The summed E-state index contributed by atoms with van der Waals surface area (Å²) in [4.78, 5) is 16.0. The Labute approximate surface area is 127 Å². The summed E-state index contributed by atoms with van der Waals surface area (Å²) in [5, 5.41) is 13.3. The van der Waals surface area contributed by atoms with Crippen molar-refractivity contribution < 1.29 is 14.6 Å². The molecule has 0 saturated heterocycles. The third kappa shape index (κ3) is 3.64. The van der Waals surface area contributed by atoms with Gasteiger partial charge in [-0.05, 0) is 37.3 Å². The van der Waals surface area contributed by atoms with Gasteiger partial charge in [0.25, 0.3) is 0 Å². The van der Waals surface area contributed by atoms with Crippen molar-refractivity contribution in [2.24, 2.45) is 0 Å². The minimum atomic E-state index is -0.462. The molecule has 0 aliphatic heterocycles. The van der Waals surface area contributed by atoms with Crippen LogP contribution in [0.25, 0.3) is 0 Å².